The zero-order valence-electron chi connectivity index (χ0n) is 11.1. The van der Waals surface area contributed by atoms with Crippen molar-refractivity contribution in [2.45, 2.75) is 37.8 Å². The number of hydrogen-bond acceptors (Lipinski definition) is 4. The third kappa shape index (κ3) is 1.52. The number of carbonyl (C=O) groups is 3. The van der Waals surface area contributed by atoms with Gasteiger partial charge in [0.25, 0.3) is 0 Å². The van der Waals surface area contributed by atoms with E-state index < -0.39 is 41.3 Å². The summed E-state index contributed by atoms with van der Waals surface area (Å²) in [5.41, 5.74) is 3.83. The lowest BCUT2D eigenvalue weighted by Crippen LogP contribution is -2.59. The molecule has 3 fully saturated rings. The van der Waals surface area contributed by atoms with Crippen LogP contribution >= 0.6 is 0 Å². The van der Waals surface area contributed by atoms with E-state index in [2.05, 4.69) is 5.32 Å². The van der Waals surface area contributed by atoms with Crippen LogP contribution in [0.3, 0.4) is 0 Å². The van der Waals surface area contributed by atoms with Gasteiger partial charge in [-0.3, -0.25) is 9.59 Å². The minimum Gasteiger partial charge on any atom is -0.481 e. The Hall–Kier alpha value is -1.63. The van der Waals surface area contributed by atoms with Gasteiger partial charge in [0.05, 0.1) is 12.0 Å². The molecule has 0 heterocycles. The number of nitrogens with one attached hydrogen (secondary N) is 1. The Balaban J connectivity index is 1.94. The Morgan fingerprint density at radius 2 is 1.85 bits per heavy atom. The first-order valence-electron chi connectivity index (χ1n) is 6.79. The Morgan fingerprint density at radius 3 is 2.25 bits per heavy atom. The summed E-state index contributed by atoms with van der Waals surface area (Å²) in [7, 11) is 0. The molecule has 7 heteroatoms. The summed E-state index contributed by atoms with van der Waals surface area (Å²) in [6.07, 6.45) is 2.02. The molecule has 3 saturated carbocycles. The average molecular weight is 282 g/mol. The van der Waals surface area contributed by atoms with Crippen molar-refractivity contribution in [2.75, 3.05) is 0 Å². The molecule has 0 aromatic heterocycles. The van der Waals surface area contributed by atoms with Crippen molar-refractivity contribution in [3.05, 3.63) is 0 Å². The van der Waals surface area contributed by atoms with Gasteiger partial charge in [0, 0.05) is 5.92 Å². The van der Waals surface area contributed by atoms with Gasteiger partial charge in [0.15, 0.2) is 0 Å². The lowest BCUT2D eigenvalue weighted by atomic mass is 9.84. The molecule has 20 heavy (non-hydrogen) atoms. The third-order valence-corrected chi connectivity index (χ3v) is 5.25. The smallest absolute Gasteiger partial charge is 0.329 e. The molecule has 3 aliphatic rings. The second-order valence-corrected chi connectivity index (χ2v) is 6.51. The van der Waals surface area contributed by atoms with Crippen molar-refractivity contribution < 1.29 is 24.6 Å². The lowest BCUT2D eigenvalue weighted by molar-refractivity contribution is -0.150. The lowest BCUT2D eigenvalue weighted by Gasteiger charge is -2.31. The van der Waals surface area contributed by atoms with E-state index in [0.717, 1.165) is 12.8 Å². The second kappa shape index (κ2) is 3.72. The molecule has 0 bridgehead atoms. The number of rotatable bonds is 4. The summed E-state index contributed by atoms with van der Waals surface area (Å²) in [6, 6.07) is -0.817. The van der Waals surface area contributed by atoms with Crippen LogP contribution in [0, 0.1) is 23.2 Å². The van der Waals surface area contributed by atoms with Crippen LogP contribution in [0.25, 0.3) is 0 Å². The molecule has 5 N–H and O–H groups in total. The maximum absolute atomic E-state index is 11.8. The molecule has 7 nitrogen and oxygen atoms in total. The van der Waals surface area contributed by atoms with E-state index in [4.69, 9.17) is 5.73 Å². The molecule has 0 saturated heterocycles. The van der Waals surface area contributed by atoms with Gasteiger partial charge >= 0.3 is 11.9 Å². The average Bonchev–Trinajstić information content (AvgIpc) is 3.17. The molecule has 0 aliphatic heterocycles. The van der Waals surface area contributed by atoms with Crippen LogP contribution in [0.1, 0.15) is 26.2 Å². The number of fused-ring (bicyclic) bond motifs is 2. The van der Waals surface area contributed by atoms with Crippen molar-refractivity contribution in [3.8, 4) is 0 Å². The normalized spacial score (nSPS) is 40.8. The summed E-state index contributed by atoms with van der Waals surface area (Å²) < 4.78 is 0. The number of aliphatic carboxylic acids is 2. The SMILES string of the molecule is CC(N)C(=O)NC1(C(=O)O)CC2(CC2)C2C(C(=O)O)C21. The number of hydrogen-bond donors (Lipinski definition) is 4. The van der Waals surface area contributed by atoms with Gasteiger partial charge < -0.3 is 21.3 Å². The summed E-state index contributed by atoms with van der Waals surface area (Å²) in [5, 5.41) is 21.4. The molecule has 0 radical (unpaired) electrons. The Morgan fingerprint density at radius 1 is 1.25 bits per heavy atom. The van der Waals surface area contributed by atoms with Gasteiger partial charge in [-0.1, -0.05) is 0 Å². The van der Waals surface area contributed by atoms with Crippen LogP contribution in [0.2, 0.25) is 0 Å². The molecule has 5 unspecified atom stereocenters. The fourth-order valence-electron chi connectivity index (χ4n) is 4.19. The summed E-state index contributed by atoms with van der Waals surface area (Å²) in [6.45, 7) is 1.48. The standard InChI is InChI=1S/C13H18N2O5/c1-5(14)9(16)15-13(11(19)20)4-12(2-3-12)7-6(8(7)13)10(17)18/h5-8H,2-4,14H2,1H3,(H,15,16)(H,17,18)(H,19,20). The van der Waals surface area contributed by atoms with E-state index >= 15 is 0 Å². The highest BCUT2D eigenvalue weighted by Crippen LogP contribution is 2.78. The fourth-order valence-corrected chi connectivity index (χ4v) is 4.19. The predicted octanol–water partition coefficient (Wildman–Crippen LogP) is -0.596. The van der Waals surface area contributed by atoms with Crippen LogP contribution in [0.4, 0.5) is 0 Å². The van der Waals surface area contributed by atoms with E-state index in [1.807, 2.05) is 0 Å². The van der Waals surface area contributed by atoms with Gasteiger partial charge in [-0.05, 0) is 37.5 Å². The maximum Gasteiger partial charge on any atom is 0.329 e. The molecular formula is C13H18N2O5. The van der Waals surface area contributed by atoms with Gasteiger partial charge in [0.2, 0.25) is 5.91 Å². The van der Waals surface area contributed by atoms with Crippen LogP contribution in [0.15, 0.2) is 0 Å². The van der Waals surface area contributed by atoms with Gasteiger partial charge in [-0.25, -0.2) is 4.79 Å². The number of carboxylic acids is 2. The number of nitrogens with two attached hydrogens (primary N) is 1. The molecule has 0 aromatic carbocycles. The number of carbonyl (C=O) groups excluding carboxylic acids is 1. The zero-order valence-corrected chi connectivity index (χ0v) is 11.1. The van der Waals surface area contributed by atoms with Crippen molar-refractivity contribution >= 4 is 17.8 Å². The van der Waals surface area contributed by atoms with Gasteiger partial charge in [-0.15, -0.1) is 0 Å². The molecule has 3 rings (SSSR count). The monoisotopic (exact) mass is 282 g/mol. The van der Waals surface area contributed by atoms with E-state index in [9.17, 15) is 24.6 Å². The van der Waals surface area contributed by atoms with Gasteiger partial charge in [-0.2, -0.15) is 0 Å². The van der Waals surface area contributed by atoms with Crippen molar-refractivity contribution in [2.24, 2.45) is 28.9 Å². The van der Waals surface area contributed by atoms with Crippen LogP contribution in [0.5, 0.6) is 0 Å². The van der Waals surface area contributed by atoms with E-state index in [1.54, 1.807) is 0 Å². The quantitative estimate of drug-likeness (QED) is 0.545. The maximum atomic E-state index is 11.8. The van der Waals surface area contributed by atoms with E-state index in [-0.39, 0.29) is 11.3 Å². The first-order chi connectivity index (χ1) is 9.25. The van der Waals surface area contributed by atoms with Crippen molar-refractivity contribution in [3.63, 3.8) is 0 Å². The van der Waals surface area contributed by atoms with E-state index in [0.29, 0.717) is 6.42 Å². The summed E-state index contributed by atoms with van der Waals surface area (Å²) in [5.74, 6) is -3.94. The molecular weight excluding hydrogens is 264 g/mol. The Bertz CT molecular complexity index is 513. The van der Waals surface area contributed by atoms with Crippen LogP contribution in [-0.2, 0) is 14.4 Å². The molecule has 1 amide bonds. The third-order valence-electron chi connectivity index (χ3n) is 5.25. The molecule has 0 aromatic rings. The van der Waals surface area contributed by atoms with E-state index in [1.165, 1.54) is 6.92 Å². The number of carboxylic acid groups (broad SMARTS) is 2. The topological polar surface area (TPSA) is 130 Å². The van der Waals surface area contributed by atoms with Crippen molar-refractivity contribution in [1.82, 2.24) is 5.32 Å². The minimum absolute atomic E-state index is 0.121. The second-order valence-electron chi connectivity index (χ2n) is 6.51. The minimum atomic E-state index is -1.46. The van der Waals surface area contributed by atoms with Crippen LogP contribution < -0.4 is 11.1 Å². The molecule has 110 valence electrons. The fraction of sp³-hybridized carbons (Fsp3) is 0.769. The molecule has 5 atom stereocenters. The summed E-state index contributed by atoms with van der Waals surface area (Å²) in [4.78, 5) is 34.9. The summed E-state index contributed by atoms with van der Waals surface area (Å²) >= 11 is 0. The molecule has 1 spiro atoms. The largest absolute Gasteiger partial charge is 0.481 e. The Labute approximate surface area is 115 Å². The first-order valence-corrected chi connectivity index (χ1v) is 6.79. The van der Waals surface area contributed by atoms with Crippen LogP contribution in [-0.4, -0.2) is 39.6 Å². The highest BCUT2D eigenvalue weighted by atomic mass is 16.4. The first kappa shape index (κ1) is 13.4. The molecule has 3 aliphatic carbocycles. The number of amides is 1. The highest BCUT2D eigenvalue weighted by molar-refractivity contribution is 5.92. The van der Waals surface area contributed by atoms with Crippen molar-refractivity contribution in [1.29, 1.82) is 0 Å². The highest BCUT2D eigenvalue weighted by Gasteiger charge is 2.82. The van der Waals surface area contributed by atoms with Gasteiger partial charge in [0.1, 0.15) is 5.54 Å². The predicted molar refractivity (Wildman–Crippen MR) is 66.5 cm³/mol. The zero-order chi connectivity index (χ0) is 14.9. The Kier molecular flexibility index (Phi) is 2.48.